The van der Waals surface area contributed by atoms with Gasteiger partial charge in [0.1, 0.15) is 0 Å². The number of hydrogen-bond acceptors (Lipinski definition) is 4. The molecule has 0 bridgehead atoms. The van der Waals surface area contributed by atoms with Crippen LogP contribution in [-0.4, -0.2) is 32.5 Å². The molecule has 7 heteroatoms. The van der Waals surface area contributed by atoms with Crippen molar-refractivity contribution in [2.75, 3.05) is 18.8 Å². The molecular formula is C14H21ClN2O2S2. The van der Waals surface area contributed by atoms with Crippen LogP contribution >= 0.6 is 23.4 Å². The van der Waals surface area contributed by atoms with Crippen molar-refractivity contribution in [1.29, 1.82) is 0 Å². The molecule has 1 heterocycles. The molecule has 1 fully saturated rings. The molecule has 1 aliphatic rings. The summed E-state index contributed by atoms with van der Waals surface area (Å²) in [6.45, 7) is 3.87. The van der Waals surface area contributed by atoms with Crippen LogP contribution in [0.3, 0.4) is 0 Å². The van der Waals surface area contributed by atoms with Gasteiger partial charge >= 0.3 is 0 Å². The van der Waals surface area contributed by atoms with Crippen LogP contribution in [0.5, 0.6) is 0 Å². The maximum Gasteiger partial charge on any atom is 0.240 e. The molecule has 0 aromatic heterocycles. The lowest BCUT2D eigenvalue weighted by Crippen LogP contribution is -2.30. The summed E-state index contributed by atoms with van der Waals surface area (Å²) in [6.07, 6.45) is 2.25. The Bertz CT molecular complexity index is 572. The van der Waals surface area contributed by atoms with Gasteiger partial charge in [-0.25, -0.2) is 13.1 Å². The summed E-state index contributed by atoms with van der Waals surface area (Å²) in [5, 5.41) is 4.14. The molecule has 0 amide bonds. The smallest absolute Gasteiger partial charge is 0.240 e. The van der Waals surface area contributed by atoms with Crippen molar-refractivity contribution in [2.45, 2.75) is 36.5 Å². The standard InChI is InChI=1S/C14H21ClN2O2S2/c1-2-16-9-11-8-13(5-6-14(11)15)21(18,19)17-10-12-4-3-7-20-12/h5-6,8,12,16-17H,2-4,7,9-10H2,1H3. The van der Waals surface area contributed by atoms with E-state index < -0.39 is 10.0 Å². The summed E-state index contributed by atoms with van der Waals surface area (Å²) in [5.41, 5.74) is 0.802. The zero-order valence-corrected chi connectivity index (χ0v) is 14.5. The number of sulfonamides is 1. The van der Waals surface area contributed by atoms with Gasteiger partial charge in [0.05, 0.1) is 4.90 Å². The summed E-state index contributed by atoms with van der Waals surface area (Å²) in [4.78, 5) is 0.280. The van der Waals surface area contributed by atoms with Crippen molar-refractivity contribution in [3.63, 3.8) is 0 Å². The second-order valence-corrected chi connectivity index (χ2v) is 8.60. The fourth-order valence-corrected chi connectivity index (χ4v) is 4.83. The molecule has 4 nitrogen and oxygen atoms in total. The van der Waals surface area contributed by atoms with Crippen LogP contribution in [0, 0.1) is 0 Å². The third-order valence-corrected chi connectivity index (χ3v) is 6.61. The molecular weight excluding hydrogens is 328 g/mol. The number of halogens is 1. The largest absolute Gasteiger partial charge is 0.313 e. The van der Waals surface area contributed by atoms with E-state index in [4.69, 9.17) is 11.6 Å². The number of rotatable bonds is 7. The highest BCUT2D eigenvalue weighted by molar-refractivity contribution is 8.00. The van der Waals surface area contributed by atoms with Crippen molar-refractivity contribution in [3.05, 3.63) is 28.8 Å². The highest BCUT2D eigenvalue weighted by Gasteiger charge is 2.20. The molecule has 118 valence electrons. The SMILES string of the molecule is CCNCc1cc(S(=O)(=O)NCC2CCCS2)ccc1Cl. The molecule has 0 saturated carbocycles. The van der Waals surface area contributed by atoms with Gasteiger partial charge in [-0.15, -0.1) is 0 Å². The predicted molar refractivity (Wildman–Crippen MR) is 89.5 cm³/mol. The summed E-state index contributed by atoms with van der Waals surface area (Å²) >= 11 is 7.94. The van der Waals surface area contributed by atoms with Gasteiger partial charge in [0.2, 0.25) is 10.0 Å². The van der Waals surface area contributed by atoms with E-state index in [2.05, 4.69) is 10.0 Å². The van der Waals surface area contributed by atoms with Crippen LogP contribution in [0.25, 0.3) is 0 Å². The Hall–Kier alpha value is -0.270. The molecule has 2 N–H and O–H groups in total. The Morgan fingerprint density at radius 2 is 2.24 bits per heavy atom. The van der Waals surface area contributed by atoms with E-state index in [1.54, 1.807) is 18.2 Å². The first-order valence-electron chi connectivity index (χ1n) is 7.13. The van der Waals surface area contributed by atoms with Crippen LogP contribution in [0.4, 0.5) is 0 Å². The van der Waals surface area contributed by atoms with Gasteiger partial charge < -0.3 is 5.32 Å². The molecule has 0 radical (unpaired) electrons. The molecule has 0 spiro atoms. The monoisotopic (exact) mass is 348 g/mol. The Morgan fingerprint density at radius 1 is 1.43 bits per heavy atom. The third kappa shape index (κ3) is 4.86. The zero-order chi connectivity index (χ0) is 15.3. The van der Waals surface area contributed by atoms with E-state index in [1.165, 1.54) is 6.42 Å². The molecule has 2 rings (SSSR count). The minimum absolute atomic E-state index is 0.280. The van der Waals surface area contributed by atoms with E-state index in [0.717, 1.165) is 24.3 Å². The average molecular weight is 349 g/mol. The topological polar surface area (TPSA) is 58.2 Å². The van der Waals surface area contributed by atoms with E-state index >= 15 is 0 Å². The summed E-state index contributed by atoms with van der Waals surface area (Å²) in [7, 11) is -3.46. The maximum absolute atomic E-state index is 12.3. The van der Waals surface area contributed by atoms with E-state index in [-0.39, 0.29) is 4.90 Å². The van der Waals surface area contributed by atoms with Crippen molar-refractivity contribution < 1.29 is 8.42 Å². The minimum atomic E-state index is -3.46. The molecule has 1 aliphatic heterocycles. The Kier molecular flexibility index (Phi) is 6.37. The minimum Gasteiger partial charge on any atom is -0.313 e. The van der Waals surface area contributed by atoms with Crippen molar-refractivity contribution in [2.24, 2.45) is 0 Å². The second-order valence-electron chi connectivity index (χ2n) is 5.02. The lowest BCUT2D eigenvalue weighted by atomic mass is 10.2. The zero-order valence-electron chi connectivity index (χ0n) is 12.1. The van der Waals surface area contributed by atoms with E-state index in [1.807, 2.05) is 18.7 Å². The van der Waals surface area contributed by atoms with Gasteiger partial charge in [-0.2, -0.15) is 11.8 Å². The van der Waals surface area contributed by atoms with Crippen LogP contribution < -0.4 is 10.0 Å². The van der Waals surface area contributed by atoms with Crippen LogP contribution in [0.2, 0.25) is 5.02 Å². The Balaban J connectivity index is 2.07. The fourth-order valence-electron chi connectivity index (χ4n) is 2.20. The highest BCUT2D eigenvalue weighted by atomic mass is 35.5. The highest BCUT2D eigenvalue weighted by Crippen LogP contribution is 2.26. The molecule has 21 heavy (non-hydrogen) atoms. The number of thioether (sulfide) groups is 1. The Morgan fingerprint density at radius 3 is 2.90 bits per heavy atom. The van der Waals surface area contributed by atoms with Gasteiger partial charge in [0.15, 0.2) is 0 Å². The fraction of sp³-hybridized carbons (Fsp3) is 0.571. The summed E-state index contributed by atoms with van der Waals surface area (Å²) < 4.78 is 27.4. The Labute approximate surface area is 136 Å². The van der Waals surface area contributed by atoms with Gasteiger partial charge in [-0.3, -0.25) is 0 Å². The van der Waals surface area contributed by atoms with Crippen LogP contribution in [-0.2, 0) is 16.6 Å². The lowest BCUT2D eigenvalue weighted by Gasteiger charge is -2.12. The van der Waals surface area contributed by atoms with Crippen molar-refractivity contribution >= 4 is 33.4 Å². The van der Waals surface area contributed by atoms with Gasteiger partial charge in [0, 0.05) is 23.4 Å². The predicted octanol–water partition coefficient (Wildman–Crippen LogP) is 2.62. The number of hydrogen-bond donors (Lipinski definition) is 2. The first kappa shape index (κ1) is 17.1. The van der Waals surface area contributed by atoms with Gasteiger partial charge in [-0.1, -0.05) is 18.5 Å². The van der Waals surface area contributed by atoms with Crippen LogP contribution in [0.15, 0.2) is 23.1 Å². The van der Waals surface area contributed by atoms with Gasteiger partial charge in [0.25, 0.3) is 0 Å². The molecule has 1 atom stereocenters. The quantitative estimate of drug-likeness (QED) is 0.795. The first-order chi connectivity index (χ1) is 10.0. The molecule has 1 aromatic carbocycles. The van der Waals surface area contributed by atoms with E-state index in [9.17, 15) is 8.42 Å². The molecule has 1 saturated heterocycles. The first-order valence-corrected chi connectivity index (χ1v) is 10.0. The number of nitrogens with one attached hydrogen (secondary N) is 2. The maximum atomic E-state index is 12.3. The van der Waals surface area contributed by atoms with Crippen LogP contribution in [0.1, 0.15) is 25.3 Å². The van der Waals surface area contributed by atoms with Crippen molar-refractivity contribution in [1.82, 2.24) is 10.0 Å². The number of benzene rings is 1. The molecule has 1 unspecified atom stereocenters. The average Bonchev–Trinajstić information content (AvgIpc) is 2.97. The second kappa shape index (κ2) is 7.83. The lowest BCUT2D eigenvalue weighted by molar-refractivity contribution is 0.578. The summed E-state index contributed by atoms with van der Waals surface area (Å²) in [6, 6.07) is 4.85. The van der Waals surface area contributed by atoms with Gasteiger partial charge in [-0.05, 0) is 48.9 Å². The molecule has 1 aromatic rings. The normalized spacial score (nSPS) is 19.0. The van der Waals surface area contributed by atoms with E-state index in [0.29, 0.717) is 23.4 Å². The third-order valence-electron chi connectivity index (χ3n) is 3.42. The molecule has 0 aliphatic carbocycles. The van der Waals surface area contributed by atoms with Crippen molar-refractivity contribution in [3.8, 4) is 0 Å². The summed E-state index contributed by atoms with van der Waals surface area (Å²) in [5.74, 6) is 1.13.